The zero-order valence-electron chi connectivity index (χ0n) is 5.23. The summed E-state index contributed by atoms with van der Waals surface area (Å²) < 4.78 is 31.2. The molecule has 0 fully saturated rings. The predicted octanol–water partition coefficient (Wildman–Crippen LogP) is 0.575. The zero-order chi connectivity index (χ0) is 8.91. The van der Waals surface area contributed by atoms with E-state index in [1.54, 1.807) is 0 Å². The highest BCUT2D eigenvalue weighted by Crippen LogP contribution is 2.04. The SMILES string of the molecule is O=C(O)CS/C=C/S(=O)(=O)F. The van der Waals surface area contributed by atoms with Crippen LogP contribution in [-0.4, -0.2) is 25.2 Å². The molecule has 0 spiro atoms. The quantitative estimate of drug-likeness (QED) is 0.672. The first-order chi connectivity index (χ1) is 4.92. The molecule has 0 unspecified atom stereocenters. The molecule has 4 nitrogen and oxygen atoms in total. The van der Waals surface area contributed by atoms with Gasteiger partial charge in [-0.3, -0.25) is 4.79 Å². The maximum atomic E-state index is 11.6. The molecule has 0 atom stereocenters. The van der Waals surface area contributed by atoms with E-state index < -0.39 is 16.2 Å². The lowest BCUT2D eigenvalue weighted by molar-refractivity contribution is -0.133. The second-order valence-corrected chi connectivity index (χ2v) is 3.57. The van der Waals surface area contributed by atoms with Gasteiger partial charge in [0.05, 0.1) is 11.2 Å². The topological polar surface area (TPSA) is 71.4 Å². The van der Waals surface area contributed by atoms with E-state index in [-0.39, 0.29) is 5.75 Å². The standard InChI is InChI=1S/C4H5FO4S2/c5-11(8,9)2-1-10-3-4(6)7/h1-2H,3H2,(H,6,7)/b2-1+. The number of halogens is 1. The number of rotatable bonds is 4. The van der Waals surface area contributed by atoms with Crippen molar-refractivity contribution in [1.82, 2.24) is 0 Å². The third-order valence-corrected chi connectivity index (χ3v) is 1.90. The Hall–Kier alpha value is -0.560. The third kappa shape index (κ3) is 9.44. The molecule has 7 heteroatoms. The van der Waals surface area contributed by atoms with Gasteiger partial charge in [-0.05, 0) is 5.41 Å². The molecular formula is C4H5FO4S2. The lowest BCUT2D eigenvalue weighted by atomic mass is 10.8. The summed E-state index contributed by atoms with van der Waals surface area (Å²) in [6.45, 7) is 0. The first-order valence-corrected chi connectivity index (χ1v) is 4.86. The minimum Gasteiger partial charge on any atom is -0.481 e. The number of thioether (sulfide) groups is 1. The molecule has 0 aromatic heterocycles. The summed E-state index contributed by atoms with van der Waals surface area (Å²) in [4.78, 5) is 9.83. The van der Waals surface area contributed by atoms with Crippen molar-refractivity contribution in [2.45, 2.75) is 0 Å². The van der Waals surface area contributed by atoms with Gasteiger partial charge in [-0.15, -0.1) is 15.6 Å². The molecule has 1 N–H and O–H groups in total. The van der Waals surface area contributed by atoms with Gasteiger partial charge >= 0.3 is 16.2 Å². The summed E-state index contributed by atoms with van der Waals surface area (Å²) in [5, 5.41) is 9.23. The molecule has 0 radical (unpaired) electrons. The Balaban J connectivity index is 3.72. The molecule has 0 amide bonds. The van der Waals surface area contributed by atoms with E-state index >= 15 is 0 Å². The number of hydrogen-bond donors (Lipinski definition) is 1. The van der Waals surface area contributed by atoms with Gasteiger partial charge in [0.1, 0.15) is 0 Å². The van der Waals surface area contributed by atoms with Gasteiger partial charge in [-0.1, -0.05) is 0 Å². The second-order valence-electron chi connectivity index (χ2n) is 1.45. The Labute approximate surface area is 67.3 Å². The monoisotopic (exact) mass is 200 g/mol. The van der Waals surface area contributed by atoms with Crippen molar-refractivity contribution >= 4 is 28.0 Å². The summed E-state index contributed by atoms with van der Waals surface area (Å²) >= 11 is 0.689. The molecule has 64 valence electrons. The predicted molar refractivity (Wildman–Crippen MR) is 39.3 cm³/mol. The van der Waals surface area contributed by atoms with Crippen molar-refractivity contribution in [2.75, 3.05) is 5.75 Å². The molecule has 0 aliphatic heterocycles. The van der Waals surface area contributed by atoms with Crippen molar-refractivity contribution in [3.8, 4) is 0 Å². The van der Waals surface area contributed by atoms with Crippen LogP contribution in [-0.2, 0) is 15.0 Å². The molecule has 0 aliphatic rings. The van der Waals surface area contributed by atoms with Gasteiger partial charge < -0.3 is 5.11 Å². The van der Waals surface area contributed by atoms with Crippen LogP contribution < -0.4 is 0 Å². The van der Waals surface area contributed by atoms with Crippen LogP contribution in [0.3, 0.4) is 0 Å². The van der Waals surface area contributed by atoms with E-state index in [9.17, 15) is 17.1 Å². The minimum absolute atomic E-state index is 0.286. The lowest BCUT2D eigenvalue weighted by Crippen LogP contribution is -1.96. The normalized spacial score (nSPS) is 12.1. The van der Waals surface area contributed by atoms with Crippen LogP contribution in [0.4, 0.5) is 3.89 Å². The molecule has 0 bridgehead atoms. The van der Waals surface area contributed by atoms with Crippen molar-refractivity contribution in [3.63, 3.8) is 0 Å². The van der Waals surface area contributed by atoms with Crippen molar-refractivity contribution in [2.24, 2.45) is 0 Å². The molecule has 11 heavy (non-hydrogen) atoms. The van der Waals surface area contributed by atoms with E-state index in [2.05, 4.69) is 0 Å². The number of carboxylic acid groups (broad SMARTS) is 1. The summed E-state index contributed by atoms with van der Waals surface area (Å²) in [5.74, 6) is -1.37. The van der Waals surface area contributed by atoms with Crippen LogP contribution in [0.5, 0.6) is 0 Å². The van der Waals surface area contributed by atoms with E-state index in [0.717, 1.165) is 5.41 Å². The molecule has 0 rings (SSSR count). The van der Waals surface area contributed by atoms with Crippen LogP contribution in [0.2, 0.25) is 0 Å². The van der Waals surface area contributed by atoms with Crippen LogP contribution in [0.15, 0.2) is 10.8 Å². The van der Waals surface area contributed by atoms with Crippen LogP contribution in [0.1, 0.15) is 0 Å². The fourth-order valence-electron chi connectivity index (χ4n) is 0.225. The third-order valence-electron chi connectivity index (χ3n) is 0.521. The van der Waals surface area contributed by atoms with Gasteiger partial charge in [-0.25, -0.2) is 0 Å². The van der Waals surface area contributed by atoms with Crippen molar-refractivity contribution < 1.29 is 22.2 Å². The summed E-state index contributed by atoms with van der Waals surface area (Å²) in [7, 11) is -4.62. The van der Waals surface area contributed by atoms with Crippen LogP contribution >= 0.6 is 11.8 Å². The highest BCUT2D eigenvalue weighted by molar-refractivity contribution is 8.03. The largest absolute Gasteiger partial charge is 0.481 e. The molecule has 0 aromatic carbocycles. The van der Waals surface area contributed by atoms with Gasteiger partial charge in [0.2, 0.25) is 0 Å². The zero-order valence-corrected chi connectivity index (χ0v) is 6.86. The number of hydrogen-bond acceptors (Lipinski definition) is 4. The van der Waals surface area contributed by atoms with Crippen molar-refractivity contribution in [3.05, 3.63) is 10.8 Å². The first kappa shape index (κ1) is 10.4. The molecule has 0 aromatic rings. The number of aliphatic carboxylic acids is 1. The Morgan fingerprint density at radius 1 is 1.64 bits per heavy atom. The first-order valence-electron chi connectivity index (χ1n) is 2.36. The highest BCUT2D eigenvalue weighted by Gasteiger charge is 1.98. The smallest absolute Gasteiger partial charge is 0.325 e. The Kier molecular flexibility index (Phi) is 4.12. The van der Waals surface area contributed by atoms with Gasteiger partial charge in [0.15, 0.2) is 0 Å². The Morgan fingerprint density at radius 2 is 2.18 bits per heavy atom. The van der Waals surface area contributed by atoms with E-state index in [1.807, 2.05) is 0 Å². The average Bonchev–Trinajstić information content (AvgIpc) is 1.78. The van der Waals surface area contributed by atoms with Crippen LogP contribution in [0.25, 0.3) is 0 Å². The summed E-state index contributed by atoms with van der Waals surface area (Å²) in [6, 6.07) is 0. The molecular weight excluding hydrogens is 195 g/mol. The van der Waals surface area contributed by atoms with Gasteiger partial charge in [0, 0.05) is 0 Å². The van der Waals surface area contributed by atoms with Gasteiger partial charge in [-0.2, -0.15) is 8.42 Å². The van der Waals surface area contributed by atoms with Crippen LogP contribution in [0, 0.1) is 0 Å². The van der Waals surface area contributed by atoms with E-state index in [0.29, 0.717) is 17.2 Å². The molecule has 0 saturated carbocycles. The number of carbonyl (C=O) groups is 1. The van der Waals surface area contributed by atoms with Crippen molar-refractivity contribution in [1.29, 1.82) is 0 Å². The maximum Gasteiger partial charge on any atom is 0.325 e. The molecule has 0 heterocycles. The second kappa shape index (κ2) is 4.35. The molecule has 0 aliphatic carbocycles. The van der Waals surface area contributed by atoms with Gasteiger partial charge in [0.25, 0.3) is 0 Å². The Bertz CT molecular complexity index is 255. The maximum absolute atomic E-state index is 11.6. The lowest BCUT2D eigenvalue weighted by Gasteiger charge is -1.85. The fraction of sp³-hybridized carbons (Fsp3) is 0.250. The summed E-state index contributed by atoms with van der Waals surface area (Å²) in [5.41, 5.74) is 0. The minimum atomic E-state index is -4.62. The summed E-state index contributed by atoms with van der Waals surface area (Å²) in [6.07, 6.45) is 0. The molecule has 0 saturated heterocycles. The highest BCUT2D eigenvalue weighted by atomic mass is 32.3. The average molecular weight is 200 g/mol. The number of carboxylic acids is 1. The van der Waals surface area contributed by atoms with E-state index in [1.165, 1.54) is 0 Å². The fourth-order valence-corrected chi connectivity index (χ4v) is 1.31. The van der Waals surface area contributed by atoms with E-state index in [4.69, 9.17) is 5.11 Å². The Morgan fingerprint density at radius 3 is 2.55 bits per heavy atom.